The summed E-state index contributed by atoms with van der Waals surface area (Å²) in [4.78, 5) is 15.3. The lowest BCUT2D eigenvalue weighted by atomic mass is 10.0. The van der Waals surface area contributed by atoms with E-state index in [4.69, 9.17) is 21.1 Å². The SMILES string of the molecule is N#Cc1ccccc1COc1cccc(C(=O)NCC(c2ccc(Cl)cc2)N2CCOCC2)c1. The Balaban J connectivity index is 1.41. The first-order chi connectivity index (χ1) is 16.6. The molecule has 6 nitrogen and oxygen atoms in total. The second-order valence-electron chi connectivity index (χ2n) is 8.01. The fraction of sp³-hybridized carbons (Fsp3) is 0.259. The van der Waals surface area contributed by atoms with Gasteiger partial charge in [-0.3, -0.25) is 9.69 Å². The van der Waals surface area contributed by atoms with Gasteiger partial charge in [0.25, 0.3) is 5.91 Å². The summed E-state index contributed by atoms with van der Waals surface area (Å²) in [7, 11) is 0. The van der Waals surface area contributed by atoms with Crippen LogP contribution in [0, 0.1) is 11.3 Å². The van der Waals surface area contributed by atoms with Crippen LogP contribution in [0.2, 0.25) is 5.02 Å². The van der Waals surface area contributed by atoms with E-state index in [1.165, 1.54) is 0 Å². The van der Waals surface area contributed by atoms with Crippen molar-refractivity contribution in [3.8, 4) is 11.8 Å². The minimum Gasteiger partial charge on any atom is -0.489 e. The maximum absolute atomic E-state index is 13.0. The molecular weight excluding hydrogens is 450 g/mol. The molecule has 0 bridgehead atoms. The molecule has 0 saturated carbocycles. The molecule has 1 fully saturated rings. The lowest BCUT2D eigenvalue weighted by Gasteiger charge is -2.35. The summed E-state index contributed by atoms with van der Waals surface area (Å²) in [6.45, 7) is 3.66. The van der Waals surface area contributed by atoms with Crippen molar-refractivity contribution < 1.29 is 14.3 Å². The molecule has 1 amide bonds. The lowest BCUT2D eigenvalue weighted by molar-refractivity contribution is 0.0162. The second-order valence-corrected chi connectivity index (χ2v) is 8.45. The van der Waals surface area contributed by atoms with Crippen molar-refractivity contribution in [2.75, 3.05) is 32.8 Å². The molecule has 0 spiro atoms. The standard InChI is InChI=1S/C27H26ClN3O3/c28-24-10-8-20(9-11-24)26(31-12-14-33-15-13-31)18-30-27(32)21-6-3-7-25(16-21)34-19-23-5-2-1-4-22(23)17-29/h1-11,16,26H,12-15,18-19H2,(H,30,32). The van der Waals surface area contributed by atoms with Gasteiger partial charge in [-0.15, -0.1) is 0 Å². The van der Waals surface area contributed by atoms with E-state index in [1.807, 2.05) is 42.5 Å². The molecule has 4 rings (SSSR count). The highest BCUT2D eigenvalue weighted by Crippen LogP contribution is 2.23. The first-order valence-electron chi connectivity index (χ1n) is 11.2. The monoisotopic (exact) mass is 475 g/mol. The molecule has 174 valence electrons. The van der Waals surface area contributed by atoms with Gasteiger partial charge in [-0.25, -0.2) is 0 Å². The minimum atomic E-state index is -0.171. The molecular formula is C27H26ClN3O3. The Morgan fingerprint density at radius 3 is 2.62 bits per heavy atom. The largest absolute Gasteiger partial charge is 0.489 e. The highest BCUT2D eigenvalue weighted by Gasteiger charge is 2.23. The fourth-order valence-electron chi connectivity index (χ4n) is 3.97. The molecule has 34 heavy (non-hydrogen) atoms. The van der Waals surface area contributed by atoms with E-state index >= 15 is 0 Å². The number of nitrogens with zero attached hydrogens (tertiary/aromatic N) is 2. The van der Waals surface area contributed by atoms with Crippen LogP contribution in [0.3, 0.4) is 0 Å². The summed E-state index contributed by atoms with van der Waals surface area (Å²) in [5, 5.41) is 13.0. The maximum Gasteiger partial charge on any atom is 0.251 e. The third kappa shape index (κ3) is 6.15. The van der Waals surface area contributed by atoms with Crippen LogP contribution in [0.1, 0.15) is 33.1 Å². The number of morpholine rings is 1. The molecule has 7 heteroatoms. The highest BCUT2D eigenvalue weighted by molar-refractivity contribution is 6.30. The van der Waals surface area contributed by atoms with Gasteiger partial charge in [0, 0.05) is 35.8 Å². The first kappa shape index (κ1) is 23.8. The van der Waals surface area contributed by atoms with Crippen LogP contribution in [0.25, 0.3) is 0 Å². The van der Waals surface area contributed by atoms with Crippen molar-refractivity contribution in [1.29, 1.82) is 5.26 Å². The molecule has 0 aliphatic carbocycles. The molecule has 1 heterocycles. The Labute approximate surface area is 204 Å². The molecule has 3 aromatic rings. The minimum absolute atomic E-state index is 0.0204. The van der Waals surface area contributed by atoms with Crippen molar-refractivity contribution >= 4 is 17.5 Å². The number of amides is 1. The van der Waals surface area contributed by atoms with Crippen LogP contribution in [0.5, 0.6) is 5.75 Å². The maximum atomic E-state index is 13.0. The van der Waals surface area contributed by atoms with Gasteiger partial charge in [0.2, 0.25) is 0 Å². The molecule has 1 aliphatic heterocycles. The Kier molecular flexibility index (Phi) is 8.16. The summed E-state index contributed by atoms with van der Waals surface area (Å²) < 4.78 is 11.4. The molecule has 1 saturated heterocycles. The van der Waals surface area contributed by atoms with Gasteiger partial charge >= 0.3 is 0 Å². The zero-order valence-corrected chi connectivity index (χ0v) is 19.5. The summed E-state index contributed by atoms with van der Waals surface area (Å²) >= 11 is 6.08. The molecule has 1 N–H and O–H groups in total. The molecule has 0 radical (unpaired) electrons. The predicted octanol–water partition coefficient (Wildman–Crippen LogP) is 4.59. The molecule has 1 unspecified atom stereocenters. The normalized spacial score (nSPS) is 14.7. The summed E-state index contributed by atoms with van der Waals surface area (Å²) in [6, 6.07) is 24.3. The smallest absolute Gasteiger partial charge is 0.251 e. The second kappa shape index (κ2) is 11.7. The molecule has 0 aromatic heterocycles. The van der Waals surface area contributed by atoms with Crippen LogP contribution in [0.4, 0.5) is 0 Å². The van der Waals surface area contributed by atoms with E-state index < -0.39 is 0 Å². The lowest BCUT2D eigenvalue weighted by Crippen LogP contribution is -2.43. The number of nitriles is 1. The number of benzene rings is 3. The van der Waals surface area contributed by atoms with Gasteiger partial charge < -0.3 is 14.8 Å². The van der Waals surface area contributed by atoms with Gasteiger partial charge in [-0.1, -0.05) is 48.0 Å². The third-order valence-corrected chi connectivity index (χ3v) is 6.08. The number of carbonyl (C=O) groups is 1. The van der Waals surface area contributed by atoms with Crippen LogP contribution >= 0.6 is 11.6 Å². The van der Waals surface area contributed by atoms with Crippen molar-refractivity contribution in [3.05, 3.63) is 100 Å². The highest BCUT2D eigenvalue weighted by atomic mass is 35.5. The predicted molar refractivity (Wildman–Crippen MR) is 131 cm³/mol. The number of halogens is 1. The van der Waals surface area contributed by atoms with Gasteiger partial charge in [0.15, 0.2) is 0 Å². The van der Waals surface area contributed by atoms with Crippen LogP contribution in [0.15, 0.2) is 72.8 Å². The van der Waals surface area contributed by atoms with Gasteiger partial charge in [-0.05, 0) is 42.0 Å². The molecule has 1 atom stereocenters. The Hall–Kier alpha value is -3.37. The van der Waals surface area contributed by atoms with E-state index in [0.717, 1.165) is 24.2 Å². The van der Waals surface area contributed by atoms with Crippen molar-refractivity contribution in [2.45, 2.75) is 12.6 Å². The van der Waals surface area contributed by atoms with Crippen LogP contribution in [-0.4, -0.2) is 43.7 Å². The van der Waals surface area contributed by atoms with Crippen LogP contribution in [-0.2, 0) is 11.3 Å². The average Bonchev–Trinajstić information content (AvgIpc) is 2.89. The number of nitrogens with one attached hydrogen (secondary N) is 1. The Morgan fingerprint density at radius 1 is 1.09 bits per heavy atom. The molecule has 3 aromatic carbocycles. The first-order valence-corrected chi connectivity index (χ1v) is 11.6. The fourth-order valence-corrected chi connectivity index (χ4v) is 4.09. The summed E-state index contributed by atoms with van der Waals surface area (Å²) in [6.07, 6.45) is 0. The average molecular weight is 476 g/mol. The number of hydrogen-bond donors (Lipinski definition) is 1. The Morgan fingerprint density at radius 2 is 1.85 bits per heavy atom. The van der Waals surface area contributed by atoms with E-state index in [-0.39, 0.29) is 18.6 Å². The summed E-state index contributed by atoms with van der Waals surface area (Å²) in [5.74, 6) is 0.401. The van der Waals surface area contributed by atoms with Gasteiger partial charge in [-0.2, -0.15) is 5.26 Å². The quantitative estimate of drug-likeness (QED) is 0.515. The van der Waals surface area contributed by atoms with E-state index in [2.05, 4.69) is 16.3 Å². The zero-order valence-electron chi connectivity index (χ0n) is 18.7. The number of hydrogen-bond acceptors (Lipinski definition) is 5. The zero-order chi connectivity index (χ0) is 23.8. The van der Waals surface area contributed by atoms with E-state index in [1.54, 1.807) is 30.3 Å². The van der Waals surface area contributed by atoms with Gasteiger partial charge in [0.05, 0.1) is 30.9 Å². The van der Waals surface area contributed by atoms with Crippen molar-refractivity contribution in [1.82, 2.24) is 10.2 Å². The van der Waals surface area contributed by atoms with Crippen molar-refractivity contribution in [2.24, 2.45) is 0 Å². The number of rotatable bonds is 8. The van der Waals surface area contributed by atoms with E-state index in [9.17, 15) is 10.1 Å². The topological polar surface area (TPSA) is 74.6 Å². The van der Waals surface area contributed by atoms with Gasteiger partial charge in [0.1, 0.15) is 12.4 Å². The third-order valence-electron chi connectivity index (χ3n) is 5.83. The van der Waals surface area contributed by atoms with E-state index in [0.29, 0.717) is 41.7 Å². The van der Waals surface area contributed by atoms with Crippen molar-refractivity contribution in [3.63, 3.8) is 0 Å². The number of carbonyl (C=O) groups excluding carboxylic acids is 1. The summed E-state index contributed by atoms with van der Waals surface area (Å²) in [5.41, 5.74) is 2.99. The van der Waals surface area contributed by atoms with Crippen LogP contribution < -0.4 is 10.1 Å². The number of ether oxygens (including phenoxy) is 2. The molecule has 1 aliphatic rings. The Bertz CT molecular complexity index is 1150.